The van der Waals surface area contributed by atoms with E-state index >= 15 is 0 Å². The van der Waals surface area contributed by atoms with E-state index in [1.807, 2.05) is 6.92 Å². The number of nitrogens with one attached hydrogen (secondary N) is 2. The molecule has 2 rings (SSSR count). The monoisotopic (exact) mass is 234 g/mol. The third-order valence-corrected chi connectivity index (χ3v) is 2.13. The quantitative estimate of drug-likeness (QED) is 0.707. The Bertz CT molecular complexity index is 470. The first-order valence-electron chi connectivity index (χ1n) is 5.25. The Kier molecular flexibility index (Phi) is 3.39. The molecule has 0 bridgehead atoms. The van der Waals surface area contributed by atoms with Crippen molar-refractivity contribution >= 4 is 11.5 Å². The van der Waals surface area contributed by atoms with Crippen LogP contribution >= 0.6 is 0 Å². The van der Waals surface area contributed by atoms with Crippen LogP contribution in [0, 0.1) is 0 Å². The van der Waals surface area contributed by atoms with E-state index in [1.54, 1.807) is 12.5 Å². The van der Waals surface area contributed by atoms with E-state index in [0.29, 0.717) is 30.5 Å². The Morgan fingerprint density at radius 1 is 1.47 bits per heavy atom. The minimum absolute atomic E-state index is 0.398. The van der Waals surface area contributed by atoms with Crippen LogP contribution in [0.3, 0.4) is 0 Å². The summed E-state index contributed by atoms with van der Waals surface area (Å²) in [6.45, 7) is 2.95. The lowest BCUT2D eigenvalue weighted by Gasteiger charge is -2.10. The van der Waals surface area contributed by atoms with Crippen LogP contribution in [0.25, 0.3) is 0 Å². The van der Waals surface area contributed by atoms with Crippen molar-refractivity contribution in [3.8, 4) is 5.88 Å². The zero-order valence-electron chi connectivity index (χ0n) is 9.47. The maximum atomic E-state index is 5.87. The fourth-order valence-electron chi connectivity index (χ4n) is 1.33. The second kappa shape index (κ2) is 5.15. The molecule has 0 aromatic carbocycles. The van der Waals surface area contributed by atoms with Gasteiger partial charge in [-0.25, -0.2) is 9.97 Å². The minimum atomic E-state index is 0.398. The van der Waals surface area contributed by atoms with Gasteiger partial charge in [-0.1, -0.05) is 0 Å². The number of hydrogen-bond acceptors (Lipinski definition) is 6. The summed E-state index contributed by atoms with van der Waals surface area (Å²) >= 11 is 0. The van der Waals surface area contributed by atoms with Gasteiger partial charge < -0.3 is 20.8 Å². The Morgan fingerprint density at radius 2 is 2.35 bits per heavy atom. The van der Waals surface area contributed by atoms with Gasteiger partial charge in [-0.15, -0.1) is 0 Å². The van der Waals surface area contributed by atoms with E-state index in [4.69, 9.17) is 10.5 Å². The molecule has 17 heavy (non-hydrogen) atoms. The third-order valence-electron chi connectivity index (χ3n) is 2.13. The Balaban J connectivity index is 2.07. The molecule has 0 unspecified atom stereocenters. The van der Waals surface area contributed by atoms with Crippen LogP contribution in [-0.2, 0) is 6.54 Å². The van der Waals surface area contributed by atoms with Crippen molar-refractivity contribution in [1.82, 2.24) is 19.9 Å². The molecular weight excluding hydrogens is 220 g/mol. The molecular formula is C10H14N6O. The first kappa shape index (κ1) is 11.2. The molecule has 0 aliphatic carbocycles. The number of nitrogens with zero attached hydrogens (tertiary/aromatic N) is 3. The van der Waals surface area contributed by atoms with Gasteiger partial charge in [0.25, 0.3) is 0 Å². The highest BCUT2D eigenvalue weighted by Crippen LogP contribution is 2.24. The Hall–Kier alpha value is -2.31. The van der Waals surface area contributed by atoms with E-state index in [0.717, 1.165) is 5.69 Å². The number of imidazole rings is 1. The standard InChI is InChI=1S/C10H14N6O/c1-2-17-10-8(11)9(15-6-16-10)13-4-7-3-12-5-14-7/h3,5-6H,2,4,11H2,1H3,(H,12,14)(H,13,15,16). The molecule has 90 valence electrons. The number of anilines is 2. The molecule has 7 nitrogen and oxygen atoms in total. The molecule has 0 atom stereocenters. The first-order chi connectivity index (χ1) is 8.31. The molecule has 0 aliphatic heterocycles. The van der Waals surface area contributed by atoms with Crippen molar-refractivity contribution in [1.29, 1.82) is 0 Å². The number of rotatable bonds is 5. The van der Waals surface area contributed by atoms with E-state index in [2.05, 4.69) is 25.3 Å². The highest BCUT2D eigenvalue weighted by atomic mass is 16.5. The number of nitrogens with two attached hydrogens (primary N) is 1. The van der Waals surface area contributed by atoms with Crippen molar-refractivity contribution < 1.29 is 4.74 Å². The number of H-pyrrole nitrogens is 1. The highest BCUT2D eigenvalue weighted by Gasteiger charge is 2.08. The van der Waals surface area contributed by atoms with Crippen LogP contribution in [0.1, 0.15) is 12.6 Å². The molecule has 0 spiro atoms. The van der Waals surface area contributed by atoms with Crippen LogP contribution in [0.4, 0.5) is 11.5 Å². The van der Waals surface area contributed by atoms with Crippen molar-refractivity contribution in [3.63, 3.8) is 0 Å². The number of nitrogen functional groups attached to an aromatic ring is 1. The molecule has 0 amide bonds. The van der Waals surface area contributed by atoms with Crippen molar-refractivity contribution in [2.75, 3.05) is 17.7 Å². The van der Waals surface area contributed by atoms with E-state index < -0.39 is 0 Å². The number of aromatic nitrogens is 4. The van der Waals surface area contributed by atoms with Gasteiger partial charge >= 0.3 is 0 Å². The molecule has 2 heterocycles. The predicted molar refractivity (Wildman–Crippen MR) is 63.5 cm³/mol. The lowest BCUT2D eigenvalue weighted by molar-refractivity contribution is 0.328. The number of ether oxygens (including phenoxy) is 1. The summed E-state index contributed by atoms with van der Waals surface area (Å²) in [6.07, 6.45) is 4.76. The molecule has 0 saturated heterocycles. The van der Waals surface area contributed by atoms with Gasteiger partial charge in [0.1, 0.15) is 12.0 Å². The summed E-state index contributed by atoms with van der Waals surface area (Å²) < 4.78 is 5.28. The molecule has 2 aromatic rings. The predicted octanol–water partition coefficient (Wildman–Crippen LogP) is 0.793. The van der Waals surface area contributed by atoms with Gasteiger partial charge in [0.2, 0.25) is 5.88 Å². The van der Waals surface area contributed by atoms with Gasteiger partial charge in [0.05, 0.1) is 25.2 Å². The van der Waals surface area contributed by atoms with Crippen molar-refractivity contribution in [2.24, 2.45) is 0 Å². The first-order valence-corrected chi connectivity index (χ1v) is 5.25. The summed E-state index contributed by atoms with van der Waals surface area (Å²) in [5.41, 5.74) is 7.23. The van der Waals surface area contributed by atoms with Gasteiger partial charge in [-0.3, -0.25) is 0 Å². The molecule has 2 aromatic heterocycles. The van der Waals surface area contributed by atoms with Crippen LogP contribution in [0.5, 0.6) is 5.88 Å². The maximum Gasteiger partial charge on any atom is 0.242 e. The van der Waals surface area contributed by atoms with Gasteiger partial charge in [0.15, 0.2) is 5.82 Å². The fraction of sp³-hybridized carbons (Fsp3) is 0.300. The SMILES string of the molecule is CCOc1ncnc(NCc2cnc[nH]2)c1N. The van der Waals surface area contributed by atoms with E-state index in [-0.39, 0.29) is 0 Å². The smallest absolute Gasteiger partial charge is 0.242 e. The summed E-state index contributed by atoms with van der Waals surface area (Å²) in [5.74, 6) is 0.952. The summed E-state index contributed by atoms with van der Waals surface area (Å²) in [7, 11) is 0. The largest absolute Gasteiger partial charge is 0.476 e. The second-order valence-corrected chi connectivity index (χ2v) is 3.30. The molecule has 4 N–H and O–H groups in total. The Labute approximate surface area is 98.5 Å². The molecule has 0 radical (unpaired) electrons. The van der Waals surface area contributed by atoms with Gasteiger partial charge in [-0.05, 0) is 6.92 Å². The van der Waals surface area contributed by atoms with Crippen LogP contribution in [-0.4, -0.2) is 26.5 Å². The second-order valence-electron chi connectivity index (χ2n) is 3.30. The normalized spacial score (nSPS) is 10.2. The minimum Gasteiger partial charge on any atom is -0.476 e. The third kappa shape index (κ3) is 2.63. The lowest BCUT2D eigenvalue weighted by atomic mass is 10.4. The van der Waals surface area contributed by atoms with E-state index in [9.17, 15) is 0 Å². The fourth-order valence-corrected chi connectivity index (χ4v) is 1.33. The zero-order chi connectivity index (χ0) is 12.1. The summed E-state index contributed by atoms with van der Waals surface area (Å²) in [6, 6.07) is 0. The highest BCUT2D eigenvalue weighted by molar-refractivity contribution is 5.66. The van der Waals surface area contributed by atoms with Crippen LogP contribution in [0.15, 0.2) is 18.9 Å². The van der Waals surface area contributed by atoms with Crippen molar-refractivity contribution in [3.05, 3.63) is 24.5 Å². The molecule has 0 saturated carbocycles. The van der Waals surface area contributed by atoms with E-state index in [1.165, 1.54) is 6.33 Å². The number of aromatic amines is 1. The van der Waals surface area contributed by atoms with Gasteiger partial charge in [-0.2, -0.15) is 4.98 Å². The van der Waals surface area contributed by atoms with Crippen LogP contribution in [0.2, 0.25) is 0 Å². The average Bonchev–Trinajstić information content (AvgIpc) is 2.83. The maximum absolute atomic E-state index is 5.87. The molecule has 7 heteroatoms. The summed E-state index contributed by atoms with van der Waals surface area (Å²) in [5, 5.41) is 3.09. The topological polar surface area (TPSA) is 102 Å². The van der Waals surface area contributed by atoms with Gasteiger partial charge in [0, 0.05) is 6.20 Å². The Morgan fingerprint density at radius 3 is 3.06 bits per heavy atom. The van der Waals surface area contributed by atoms with Crippen molar-refractivity contribution in [2.45, 2.75) is 13.5 Å². The average molecular weight is 234 g/mol. The molecule has 0 aliphatic rings. The zero-order valence-corrected chi connectivity index (χ0v) is 9.47. The summed E-state index contributed by atoms with van der Waals surface area (Å²) in [4.78, 5) is 14.9. The van der Waals surface area contributed by atoms with Crippen LogP contribution < -0.4 is 15.8 Å². The number of hydrogen-bond donors (Lipinski definition) is 3. The lowest BCUT2D eigenvalue weighted by Crippen LogP contribution is -2.08. The molecule has 0 fully saturated rings.